The molecular formula is C9H19NO. The van der Waals surface area contributed by atoms with E-state index >= 15 is 0 Å². The topological polar surface area (TPSA) is 23.5 Å². The third-order valence-electron chi connectivity index (χ3n) is 2.36. The van der Waals surface area contributed by atoms with Crippen molar-refractivity contribution in [3.63, 3.8) is 0 Å². The molecule has 0 bridgehead atoms. The summed E-state index contributed by atoms with van der Waals surface area (Å²) in [6, 6.07) is 0.646. The van der Waals surface area contributed by atoms with Crippen LogP contribution in [0, 0.1) is 5.92 Å². The van der Waals surface area contributed by atoms with Crippen molar-refractivity contribution >= 4 is 0 Å². The summed E-state index contributed by atoms with van der Waals surface area (Å²) in [5, 5.41) is 9.07. The van der Waals surface area contributed by atoms with Crippen molar-refractivity contribution in [2.24, 2.45) is 5.92 Å². The van der Waals surface area contributed by atoms with Crippen molar-refractivity contribution in [2.75, 3.05) is 13.6 Å². The summed E-state index contributed by atoms with van der Waals surface area (Å²) in [6.07, 6.45) is 1.93. The summed E-state index contributed by atoms with van der Waals surface area (Å²) in [7, 11) is 2.15. The van der Waals surface area contributed by atoms with E-state index in [0.717, 1.165) is 25.3 Å². The van der Waals surface area contributed by atoms with E-state index in [2.05, 4.69) is 25.8 Å². The third-order valence-corrected chi connectivity index (χ3v) is 2.36. The molecule has 0 aromatic rings. The van der Waals surface area contributed by atoms with Crippen LogP contribution in [0.5, 0.6) is 0 Å². The first-order chi connectivity index (χ1) is 5.09. The van der Waals surface area contributed by atoms with E-state index in [0.29, 0.717) is 6.04 Å². The van der Waals surface area contributed by atoms with Crippen molar-refractivity contribution in [3.8, 4) is 0 Å². The minimum atomic E-state index is -0.0189. The van der Waals surface area contributed by atoms with Gasteiger partial charge >= 0.3 is 0 Å². The van der Waals surface area contributed by atoms with Gasteiger partial charge in [-0.15, -0.1) is 0 Å². The second kappa shape index (κ2) is 3.55. The Hall–Kier alpha value is -0.0800. The quantitative estimate of drug-likeness (QED) is 0.663. The summed E-state index contributed by atoms with van der Waals surface area (Å²) >= 11 is 0. The molecule has 11 heavy (non-hydrogen) atoms. The Morgan fingerprint density at radius 2 is 2.00 bits per heavy atom. The second-order valence-corrected chi connectivity index (χ2v) is 4.11. The lowest BCUT2D eigenvalue weighted by Crippen LogP contribution is -2.46. The normalized spacial score (nSPS) is 31.1. The lowest BCUT2D eigenvalue weighted by Gasteiger charge is -2.39. The van der Waals surface area contributed by atoms with Crippen LogP contribution >= 0.6 is 0 Å². The number of aliphatic hydroxyl groups is 1. The van der Waals surface area contributed by atoms with Crippen LogP contribution in [0.4, 0.5) is 0 Å². The minimum Gasteiger partial charge on any atom is -0.393 e. The van der Waals surface area contributed by atoms with Crippen LogP contribution < -0.4 is 0 Å². The standard InChI is InChI=1S/C9H19NO/c1-7(2)6-10(3)8-4-9(11)5-8/h7-9,11H,4-6H2,1-3H3/t8-,9-. The fraction of sp³-hybridized carbons (Fsp3) is 1.00. The minimum absolute atomic E-state index is 0.0189. The molecule has 1 fully saturated rings. The molecule has 1 saturated carbocycles. The van der Waals surface area contributed by atoms with E-state index in [4.69, 9.17) is 5.11 Å². The highest BCUT2D eigenvalue weighted by Crippen LogP contribution is 2.24. The largest absolute Gasteiger partial charge is 0.393 e. The molecule has 1 aliphatic rings. The highest BCUT2D eigenvalue weighted by Gasteiger charge is 2.30. The van der Waals surface area contributed by atoms with Gasteiger partial charge in [0.25, 0.3) is 0 Å². The summed E-state index contributed by atoms with van der Waals surface area (Å²) in [4.78, 5) is 2.36. The SMILES string of the molecule is CC(C)CN(C)[C@H]1C[C@H](O)C1. The molecule has 1 rings (SSSR count). The van der Waals surface area contributed by atoms with Gasteiger partial charge in [0, 0.05) is 12.6 Å². The van der Waals surface area contributed by atoms with E-state index in [1.807, 2.05) is 0 Å². The molecule has 0 aromatic carbocycles. The van der Waals surface area contributed by atoms with E-state index in [9.17, 15) is 0 Å². The highest BCUT2D eigenvalue weighted by atomic mass is 16.3. The molecule has 0 radical (unpaired) electrons. The molecule has 0 aliphatic heterocycles. The zero-order chi connectivity index (χ0) is 8.43. The summed E-state index contributed by atoms with van der Waals surface area (Å²) < 4.78 is 0. The lowest BCUT2D eigenvalue weighted by atomic mass is 9.88. The van der Waals surface area contributed by atoms with E-state index in [1.54, 1.807) is 0 Å². The first-order valence-electron chi connectivity index (χ1n) is 4.48. The Kier molecular flexibility index (Phi) is 2.90. The molecule has 1 N–H and O–H groups in total. The van der Waals surface area contributed by atoms with Crippen LogP contribution in [0.2, 0.25) is 0 Å². The lowest BCUT2D eigenvalue weighted by molar-refractivity contribution is 0.00849. The zero-order valence-electron chi connectivity index (χ0n) is 7.75. The molecule has 0 amide bonds. The van der Waals surface area contributed by atoms with Crippen molar-refractivity contribution in [1.82, 2.24) is 4.90 Å². The first-order valence-corrected chi connectivity index (χ1v) is 4.48. The van der Waals surface area contributed by atoms with Crippen LogP contribution in [-0.2, 0) is 0 Å². The Morgan fingerprint density at radius 3 is 2.36 bits per heavy atom. The average Bonchev–Trinajstić information content (AvgIpc) is 1.79. The maximum absolute atomic E-state index is 9.07. The van der Waals surface area contributed by atoms with Gasteiger partial charge in [-0.1, -0.05) is 13.8 Å². The predicted molar refractivity (Wildman–Crippen MR) is 46.5 cm³/mol. The van der Waals surface area contributed by atoms with Gasteiger partial charge in [0.15, 0.2) is 0 Å². The molecular weight excluding hydrogens is 138 g/mol. The van der Waals surface area contributed by atoms with Gasteiger partial charge in [-0.05, 0) is 25.8 Å². The summed E-state index contributed by atoms with van der Waals surface area (Å²) in [5.74, 6) is 0.734. The van der Waals surface area contributed by atoms with Crippen molar-refractivity contribution in [3.05, 3.63) is 0 Å². The highest BCUT2D eigenvalue weighted by molar-refractivity contribution is 4.85. The molecule has 2 nitrogen and oxygen atoms in total. The van der Waals surface area contributed by atoms with Crippen LogP contribution in [0.25, 0.3) is 0 Å². The Bertz CT molecular complexity index is 119. The average molecular weight is 157 g/mol. The number of rotatable bonds is 3. The molecule has 0 atom stereocenters. The maximum atomic E-state index is 9.07. The Morgan fingerprint density at radius 1 is 1.45 bits per heavy atom. The summed E-state index contributed by atoms with van der Waals surface area (Å²) in [6.45, 7) is 5.61. The van der Waals surface area contributed by atoms with Crippen LogP contribution in [0.3, 0.4) is 0 Å². The smallest absolute Gasteiger partial charge is 0.0570 e. The van der Waals surface area contributed by atoms with Gasteiger partial charge in [-0.3, -0.25) is 0 Å². The molecule has 66 valence electrons. The Labute approximate surface area is 69.2 Å². The monoisotopic (exact) mass is 157 g/mol. The number of aliphatic hydroxyl groups excluding tert-OH is 1. The van der Waals surface area contributed by atoms with Gasteiger partial charge in [-0.2, -0.15) is 0 Å². The van der Waals surface area contributed by atoms with Crippen LogP contribution in [-0.4, -0.2) is 35.7 Å². The molecule has 0 spiro atoms. The number of hydrogen-bond donors (Lipinski definition) is 1. The molecule has 0 aromatic heterocycles. The van der Waals surface area contributed by atoms with Gasteiger partial charge in [0.05, 0.1) is 6.10 Å². The van der Waals surface area contributed by atoms with Gasteiger partial charge in [-0.25, -0.2) is 0 Å². The molecule has 2 heteroatoms. The van der Waals surface area contributed by atoms with Gasteiger partial charge < -0.3 is 10.0 Å². The van der Waals surface area contributed by atoms with Crippen LogP contribution in [0.1, 0.15) is 26.7 Å². The second-order valence-electron chi connectivity index (χ2n) is 4.11. The van der Waals surface area contributed by atoms with E-state index < -0.39 is 0 Å². The fourth-order valence-corrected chi connectivity index (χ4v) is 1.64. The van der Waals surface area contributed by atoms with Crippen LogP contribution in [0.15, 0.2) is 0 Å². The fourth-order valence-electron chi connectivity index (χ4n) is 1.64. The maximum Gasteiger partial charge on any atom is 0.0570 e. The molecule has 0 saturated heterocycles. The third kappa shape index (κ3) is 2.46. The number of nitrogens with zero attached hydrogens (tertiary/aromatic N) is 1. The predicted octanol–water partition coefficient (Wildman–Crippen LogP) is 1.10. The van der Waals surface area contributed by atoms with Gasteiger partial charge in [0.2, 0.25) is 0 Å². The molecule has 0 heterocycles. The summed E-state index contributed by atoms with van der Waals surface area (Å²) in [5.41, 5.74) is 0. The van der Waals surface area contributed by atoms with Gasteiger partial charge in [0.1, 0.15) is 0 Å². The Balaban J connectivity index is 2.16. The van der Waals surface area contributed by atoms with E-state index in [-0.39, 0.29) is 6.10 Å². The first kappa shape index (κ1) is 9.01. The van der Waals surface area contributed by atoms with E-state index in [1.165, 1.54) is 0 Å². The zero-order valence-corrected chi connectivity index (χ0v) is 7.75. The van der Waals surface area contributed by atoms with Crippen molar-refractivity contribution in [2.45, 2.75) is 38.8 Å². The van der Waals surface area contributed by atoms with Crippen molar-refractivity contribution < 1.29 is 5.11 Å². The number of hydrogen-bond acceptors (Lipinski definition) is 2. The van der Waals surface area contributed by atoms with Crippen molar-refractivity contribution in [1.29, 1.82) is 0 Å². The molecule has 0 unspecified atom stereocenters. The molecule has 1 aliphatic carbocycles.